The fourth-order valence-electron chi connectivity index (χ4n) is 0.953. The Morgan fingerprint density at radius 3 is 2.35 bits per heavy atom. The van der Waals surface area contributed by atoms with Gasteiger partial charge in [-0.15, -0.1) is 0 Å². The van der Waals surface area contributed by atoms with Gasteiger partial charge >= 0.3 is 12.1 Å². The Labute approximate surface area is 94.5 Å². The molecule has 0 aliphatic heterocycles. The number of hydrogen-bond donors (Lipinski definition) is 2. The highest BCUT2D eigenvalue weighted by Crippen LogP contribution is 2.19. The monoisotopic (exact) mass is 268 g/mol. The summed E-state index contributed by atoms with van der Waals surface area (Å²) in [5, 5.41) is 6.29. The number of primary sulfonamides is 1. The number of hydrogen-bond acceptors (Lipinski definition) is 3. The van der Waals surface area contributed by atoms with Crippen LogP contribution in [0.15, 0.2) is 29.2 Å². The zero-order chi connectivity index (χ0) is 13.3. The molecule has 5 nitrogen and oxygen atoms in total. The predicted octanol–water partition coefficient (Wildman–Crippen LogP) is 0.835. The molecule has 0 spiro atoms. The minimum absolute atomic E-state index is 0.307. The van der Waals surface area contributed by atoms with E-state index in [1.54, 1.807) is 0 Å². The van der Waals surface area contributed by atoms with E-state index in [4.69, 9.17) is 5.14 Å². The molecule has 17 heavy (non-hydrogen) atoms. The summed E-state index contributed by atoms with van der Waals surface area (Å²) in [7, 11) is -4.03. The van der Waals surface area contributed by atoms with E-state index in [1.807, 2.05) is 0 Å². The van der Waals surface area contributed by atoms with Crippen LogP contribution in [0.4, 0.5) is 18.9 Å². The molecule has 0 aromatic heterocycles. The topological polar surface area (TPSA) is 89.3 Å². The van der Waals surface area contributed by atoms with E-state index in [1.165, 1.54) is 5.32 Å². The molecule has 3 N–H and O–H groups in total. The van der Waals surface area contributed by atoms with Gasteiger partial charge in [-0.05, 0) is 18.2 Å². The smallest absolute Gasteiger partial charge is 0.318 e. The summed E-state index contributed by atoms with van der Waals surface area (Å²) in [5.41, 5.74) is -0.307. The van der Waals surface area contributed by atoms with Crippen molar-refractivity contribution in [2.75, 3.05) is 5.32 Å². The normalized spacial score (nSPS) is 12.2. The molecule has 94 valence electrons. The second-order valence-electron chi connectivity index (χ2n) is 3.02. The van der Waals surface area contributed by atoms with E-state index >= 15 is 0 Å². The van der Waals surface area contributed by atoms with Crippen molar-refractivity contribution in [3.8, 4) is 0 Å². The van der Waals surface area contributed by atoms with Crippen LogP contribution in [-0.2, 0) is 14.8 Å². The number of carbonyl (C=O) groups is 1. The summed E-state index contributed by atoms with van der Waals surface area (Å²) in [4.78, 5) is 10.2. The first-order chi connectivity index (χ1) is 7.60. The van der Waals surface area contributed by atoms with E-state index in [2.05, 4.69) is 0 Å². The van der Waals surface area contributed by atoms with E-state index in [-0.39, 0.29) is 5.69 Å². The lowest BCUT2D eigenvalue weighted by Crippen LogP contribution is -2.30. The third-order valence-corrected chi connectivity index (χ3v) is 2.59. The minimum atomic E-state index is -5.04. The van der Waals surface area contributed by atoms with Crippen molar-refractivity contribution < 1.29 is 26.4 Å². The fraction of sp³-hybridized carbons (Fsp3) is 0.125. The van der Waals surface area contributed by atoms with E-state index < -0.39 is 27.0 Å². The molecule has 0 aliphatic rings. The van der Waals surface area contributed by atoms with Crippen LogP contribution in [0.25, 0.3) is 0 Å². The third kappa shape index (κ3) is 3.71. The first-order valence-electron chi connectivity index (χ1n) is 4.12. The summed E-state index contributed by atoms with van der Waals surface area (Å²) in [6, 6.07) is 4.20. The second-order valence-corrected chi connectivity index (χ2v) is 4.59. The Kier molecular flexibility index (Phi) is 3.43. The minimum Gasteiger partial charge on any atom is -0.318 e. The molecule has 0 atom stereocenters. The number of nitrogens with one attached hydrogen (secondary N) is 1. The van der Waals surface area contributed by atoms with Crippen molar-refractivity contribution in [2.45, 2.75) is 11.1 Å². The maximum atomic E-state index is 11.9. The molecule has 0 aliphatic carbocycles. The molecular weight excluding hydrogens is 261 g/mol. The van der Waals surface area contributed by atoms with Gasteiger partial charge in [0, 0.05) is 5.69 Å². The number of alkyl halides is 3. The molecule has 1 amide bonds. The predicted molar refractivity (Wildman–Crippen MR) is 52.5 cm³/mol. The highest BCUT2D eigenvalue weighted by Gasteiger charge is 2.38. The van der Waals surface area contributed by atoms with Crippen molar-refractivity contribution in [3.05, 3.63) is 24.3 Å². The number of nitrogens with two attached hydrogens (primary N) is 1. The summed E-state index contributed by atoms with van der Waals surface area (Å²) < 4.78 is 57.6. The third-order valence-electron chi connectivity index (χ3n) is 1.68. The highest BCUT2D eigenvalue weighted by molar-refractivity contribution is 7.89. The number of sulfonamides is 1. The number of benzene rings is 1. The second kappa shape index (κ2) is 4.34. The van der Waals surface area contributed by atoms with Crippen LogP contribution in [0.5, 0.6) is 0 Å². The van der Waals surface area contributed by atoms with Crippen LogP contribution < -0.4 is 10.5 Å². The van der Waals surface area contributed by atoms with Crippen LogP contribution in [-0.4, -0.2) is 20.5 Å². The van der Waals surface area contributed by atoms with Crippen LogP contribution in [0.3, 0.4) is 0 Å². The summed E-state index contributed by atoms with van der Waals surface area (Å²) in [5.74, 6) is -2.19. The van der Waals surface area contributed by atoms with Crippen molar-refractivity contribution >= 4 is 21.6 Å². The molecule has 0 fully saturated rings. The maximum absolute atomic E-state index is 11.9. The number of anilines is 1. The zero-order valence-electron chi connectivity index (χ0n) is 8.15. The Hall–Kier alpha value is -1.61. The summed E-state index contributed by atoms with van der Waals surface area (Å²) in [6.07, 6.45) is -5.04. The van der Waals surface area contributed by atoms with Gasteiger partial charge in [0.25, 0.3) is 0 Å². The van der Waals surface area contributed by atoms with Crippen molar-refractivity contribution in [3.63, 3.8) is 0 Å². The molecular formula is C8H7F3N2O3S. The maximum Gasteiger partial charge on any atom is 0.471 e. The Morgan fingerprint density at radius 2 is 1.88 bits per heavy atom. The van der Waals surface area contributed by atoms with Crippen LogP contribution in [0.1, 0.15) is 0 Å². The van der Waals surface area contributed by atoms with Crippen molar-refractivity contribution in [1.29, 1.82) is 0 Å². The summed E-state index contributed by atoms with van der Waals surface area (Å²) >= 11 is 0. The Bertz CT molecular complexity index is 539. The lowest BCUT2D eigenvalue weighted by Gasteiger charge is -2.08. The SMILES string of the molecule is NS(=O)(=O)c1cccc(NC(=O)C(F)(F)F)c1. The van der Waals surface area contributed by atoms with Crippen LogP contribution in [0.2, 0.25) is 0 Å². The Balaban J connectivity index is 2.99. The van der Waals surface area contributed by atoms with E-state index in [0.717, 1.165) is 24.3 Å². The van der Waals surface area contributed by atoms with Gasteiger partial charge in [0.2, 0.25) is 10.0 Å². The van der Waals surface area contributed by atoms with Gasteiger partial charge in [-0.25, -0.2) is 13.6 Å². The van der Waals surface area contributed by atoms with Gasteiger partial charge in [-0.1, -0.05) is 6.07 Å². The Morgan fingerprint density at radius 1 is 1.29 bits per heavy atom. The molecule has 1 aromatic carbocycles. The molecule has 0 unspecified atom stereocenters. The molecule has 0 heterocycles. The standard InChI is InChI=1S/C8H7F3N2O3S/c9-8(10,11)7(14)13-5-2-1-3-6(4-5)17(12,15)16/h1-4H,(H,13,14)(H2,12,15,16). The molecule has 0 saturated heterocycles. The average molecular weight is 268 g/mol. The van der Waals surface area contributed by atoms with Gasteiger partial charge in [0.1, 0.15) is 0 Å². The quantitative estimate of drug-likeness (QED) is 0.832. The highest BCUT2D eigenvalue weighted by atomic mass is 32.2. The van der Waals surface area contributed by atoms with Gasteiger partial charge in [-0.3, -0.25) is 4.79 Å². The lowest BCUT2D eigenvalue weighted by molar-refractivity contribution is -0.167. The van der Waals surface area contributed by atoms with Crippen LogP contribution >= 0.6 is 0 Å². The van der Waals surface area contributed by atoms with E-state index in [9.17, 15) is 26.4 Å². The van der Waals surface area contributed by atoms with Crippen LogP contribution in [0, 0.1) is 0 Å². The molecule has 0 saturated carbocycles. The number of halogens is 3. The number of rotatable bonds is 2. The van der Waals surface area contributed by atoms with Crippen molar-refractivity contribution in [2.24, 2.45) is 5.14 Å². The molecule has 1 rings (SSSR count). The number of carbonyl (C=O) groups excluding carboxylic acids is 1. The van der Waals surface area contributed by atoms with Gasteiger partial charge in [0.05, 0.1) is 4.90 Å². The lowest BCUT2D eigenvalue weighted by atomic mass is 10.3. The zero-order valence-corrected chi connectivity index (χ0v) is 8.97. The fourth-order valence-corrected chi connectivity index (χ4v) is 1.51. The van der Waals surface area contributed by atoms with Crippen molar-refractivity contribution in [1.82, 2.24) is 0 Å². The number of amides is 1. The molecule has 0 bridgehead atoms. The van der Waals surface area contributed by atoms with Gasteiger partial charge < -0.3 is 5.32 Å². The van der Waals surface area contributed by atoms with Gasteiger partial charge in [-0.2, -0.15) is 13.2 Å². The first kappa shape index (κ1) is 13.5. The summed E-state index contributed by atoms with van der Waals surface area (Å²) in [6.45, 7) is 0. The first-order valence-corrected chi connectivity index (χ1v) is 5.66. The molecule has 1 aromatic rings. The molecule has 9 heteroatoms. The molecule has 0 radical (unpaired) electrons. The largest absolute Gasteiger partial charge is 0.471 e. The van der Waals surface area contributed by atoms with Gasteiger partial charge in [0.15, 0.2) is 0 Å². The van der Waals surface area contributed by atoms with E-state index in [0.29, 0.717) is 0 Å². The average Bonchev–Trinajstić information content (AvgIpc) is 2.15.